The Balaban J connectivity index is 2.97. The average Bonchev–Trinajstić information content (AvgIpc) is 2.38. The second kappa shape index (κ2) is 6.81. The van der Waals surface area contributed by atoms with Crippen LogP contribution in [0, 0.1) is 0 Å². The van der Waals surface area contributed by atoms with Gasteiger partial charge < -0.3 is 19.5 Å². The zero-order valence-corrected chi connectivity index (χ0v) is 10.6. The number of benzene rings is 1. The Morgan fingerprint density at radius 3 is 2.18 bits per heavy atom. The smallest absolute Gasteiger partial charge is 0.164 e. The molecule has 1 N–H and O–H groups in total. The van der Waals surface area contributed by atoms with Crippen molar-refractivity contribution in [2.45, 2.75) is 6.54 Å². The van der Waals surface area contributed by atoms with Crippen molar-refractivity contribution in [3.05, 3.63) is 30.4 Å². The topological polar surface area (TPSA) is 39.7 Å². The summed E-state index contributed by atoms with van der Waals surface area (Å²) in [6, 6.07) is 3.73. The molecule has 0 fully saturated rings. The van der Waals surface area contributed by atoms with Crippen molar-refractivity contribution in [3.8, 4) is 17.2 Å². The SMILES string of the molecule is C=CCNCc1cc(OC)c(OC)cc1OC. The maximum atomic E-state index is 5.32. The first-order valence-corrected chi connectivity index (χ1v) is 5.37. The lowest BCUT2D eigenvalue weighted by molar-refractivity contribution is 0.347. The van der Waals surface area contributed by atoms with Crippen molar-refractivity contribution in [2.24, 2.45) is 0 Å². The van der Waals surface area contributed by atoms with Crippen LogP contribution in [0.1, 0.15) is 5.56 Å². The van der Waals surface area contributed by atoms with Crippen LogP contribution in [0.15, 0.2) is 24.8 Å². The first-order chi connectivity index (χ1) is 8.26. The molecular weight excluding hydrogens is 218 g/mol. The summed E-state index contributed by atoms with van der Waals surface area (Å²) in [4.78, 5) is 0. The number of rotatable bonds is 7. The van der Waals surface area contributed by atoms with Gasteiger partial charge in [0, 0.05) is 24.7 Å². The van der Waals surface area contributed by atoms with E-state index < -0.39 is 0 Å². The van der Waals surface area contributed by atoms with E-state index in [4.69, 9.17) is 14.2 Å². The lowest BCUT2D eigenvalue weighted by atomic mass is 10.1. The van der Waals surface area contributed by atoms with Gasteiger partial charge in [-0.25, -0.2) is 0 Å². The highest BCUT2D eigenvalue weighted by molar-refractivity contribution is 5.50. The van der Waals surface area contributed by atoms with Gasteiger partial charge in [-0.2, -0.15) is 0 Å². The molecule has 4 nitrogen and oxygen atoms in total. The van der Waals surface area contributed by atoms with E-state index in [2.05, 4.69) is 11.9 Å². The van der Waals surface area contributed by atoms with Crippen LogP contribution in [0.25, 0.3) is 0 Å². The molecule has 0 heterocycles. The van der Waals surface area contributed by atoms with Crippen LogP contribution in [0.3, 0.4) is 0 Å². The zero-order valence-electron chi connectivity index (χ0n) is 10.6. The standard InChI is InChI=1S/C13H19NO3/c1-5-6-14-9-10-7-12(16-3)13(17-4)8-11(10)15-2/h5,7-8,14H,1,6,9H2,2-4H3. The lowest BCUT2D eigenvalue weighted by Gasteiger charge is -2.14. The molecule has 0 radical (unpaired) electrons. The molecule has 1 aromatic carbocycles. The van der Waals surface area contributed by atoms with Crippen LogP contribution in [0.2, 0.25) is 0 Å². The third-order valence-corrected chi connectivity index (χ3v) is 2.39. The summed E-state index contributed by atoms with van der Waals surface area (Å²) in [5.41, 5.74) is 1.02. The van der Waals surface area contributed by atoms with Gasteiger partial charge in [-0.3, -0.25) is 0 Å². The van der Waals surface area contributed by atoms with Crippen molar-refractivity contribution in [3.63, 3.8) is 0 Å². The molecule has 0 bridgehead atoms. The Kier molecular flexibility index (Phi) is 5.36. The van der Waals surface area contributed by atoms with E-state index >= 15 is 0 Å². The number of hydrogen-bond donors (Lipinski definition) is 1. The predicted molar refractivity (Wildman–Crippen MR) is 68.0 cm³/mol. The van der Waals surface area contributed by atoms with Gasteiger partial charge in [0.1, 0.15) is 5.75 Å². The fourth-order valence-corrected chi connectivity index (χ4v) is 1.54. The van der Waals surface area contributed by atoms with Gasteiger partial charge in [0.25, 0.3) is 0 Å². The fraction of sp³-hybridized carbons (Fsp3) is 0.385. The molecule has 94 valence electrons. The van der Waals surface area contributed by atoms with Gasteiger partial charge in [-0.15, -0.1) is 6.58 Å². The molecule has 4 heteroatoms. The molecule has 17 heavy (non-hydrogen) atoms. The van der Waals surface area contributed by atoms with E-state index in [1.165, 1.54) is 0 Å². The Hall–Kier alpha value is -1.68. The van der Waals surface area contributed by atoms with Crippen molar-refractivity contribution in [2.75, 3.05) is 27.9 Å². The molecule has 0 saturated heterocycles. The summed E-state index contributed by atoms with van der Waals surface area (Å²) in [5, 5.41) is 3.22. The molecule has 0 amide bonds. The fourth-order valence-electron chi connectivity index (χ4n) is 1.54. The Bertz CT molecular complexity index is 377. The molecule has 1 aromatic rings. The van der Waals surface area contributed by atoms with Crippen molar-refractivity contribution >= 4 is 0 Å². The molecule has 0 spiro atoms. The van der Waals surface area contributed by atoms with Gasteiger partial charge >= 0.3 is 0 Å². The minimum atomic E-state index is 0.664. The summed E-state index contributed by atoms with van der Waals surface area (Å²) >= 11 is 0. The minimum absolute atomic E-state index is 0.664. The van der Waals surface area contributed by atoms with E-state index in [9.17, 15) is 0 Å². The second-order valence-electron chi connectivity index (χ2n) is 3.44. The quantitative estimate of drug-likeness (QED) is 0.581. The molecule has 0 aliphatic rings. The molecule has 0 saturated carbocycles. The van der Waals surface area contributed by atoms with E-state index in [0.717, 1.165) is 17.9 Å². The largest absolute Gasteiger partial charge is 0.496 e. The van der Waals surface area contributed by atoms with Crippen LogP contribution >= 0.6 is 0 Å². The number of nitrogens with one attached hydrogen (secondary N) is 1. The highest BCUT2D eigenvalue weighted by atomic mass is 16.5. The first kappa shape index (κ1) is 13.4. The van der Waals surface area contributed by atoms with Gasteiger partial charge in [0.15, 0.2) is 11.5 Å². The first-order valence-electron chi connectivity index (χ1n) is 5.37. The summed E-state index contributed by atoms with van der Waals surface area (Å²) in [6.45, 7) is 5.09. The minimum Gasteiger partial charge on any atom is -0.496 e. The van der Waals surface area contributed by atoms with E-state index in [0.29, 0.717) is 18.0 Å². The van der Waals surface area contributed by atoms with Crippen LogP contribution in [-0.4, -0.2) is 27.9 Å². The van der Waals surface area contributed by atoms with Crippen molar-refractivity contribution in [1.82, 2.24) is 5.32 Å². The lowest BCUT2D eigenvalue weighted by Crippen LogP contribution is -2.13. The summed E-state index contributed by atoms with van der Waals surface area (Å²) in [6.07, 6.45) is 1.81. The predicted octanol–water partition coefficient (Wildman–Crippen LogP) is 1.99. The van der Waals surface area contributed by atoms with Gasteiger partial charge in [0.05, 0.1) is 21.3 Å². The van der Waals surface area contributed by atoms with Crippen LogP contribution in [0.4, 0.5) is 0 Å². The molecule has 0 aliphatic carbocycles. The molecule has 1 rings (SSSR count). The third-order valence-electron chi connectivity index (χ3n) is 2.39. The highest BCUT2D eigenvalue weighted by Gasteiger charge is 2.10. The Morgan fingerprint density at radius 1 is 1.06 bits per heavy atom. The monoisotopic (exact) mass is 237 g/mol. The molecular formula is C13H19NO3. The zero-order chi connectivity index (χ0) is 12.7. The Labute approximate surface area is 102 Å². The van der Waals surface area contributed by atoms with Crippen LogP contribution < -0.4 is 19.5 Å². The summed E-state index contributed by atoms with van der Waals surface area (Å²) in [5.74, 6) is 2.14. The van der Waals surface area contributed by atoms with Gasteiger partial charge in [0.2, 0.25) is 0 Å². The van der Waals surface area contributed by atoms with Gasteiger partial charge in [-0.1, -0.05) is 6.08 Å². The maximum absolute atomic E-state index is 5.32. The van der Waals surface area contributed by atoms with E-state index in [1.807, 2.05) is 18.2 Å². The maximum Gasteiger partial charge on any atom is 0.164 e. The summed E-state index contributed by atoms with van der Waals surface area (Å²) < 4.78 is 15.8. The number of methoxy groups -OCH3 is 3. The molecule has 0 unspecified atom stereocenters. The van der Waals surface area contributed by atoms with Crippen LogP contribution in [0.5, 0.6) is 17.2 Å². The summed E-state index contributed by atoms with van der Waals surface area (Å²) in [7, 11) is 4.86. The Morgan fingerprint density at radius 2 is 1.65 bits per heavy atom. The van der Waals surface area contributed by atoms with Crippen molar-refractivity contribution in [1.29, 1.82) is 0 Å². The van der Waals surface area contributed by atoms with E-state index in [1.54, 1.807) is 21.3 Å². The van der Waals surface area contributed by atoms with Gasteiger partial charge in [-0.05, 0) is 6.07 Å². The normalized spacial score (nSPS) is 9.82. The third kappa shape index (κ3) is 3.39. The van der Waals surface area contributed by atoms with Crippen LogP contribution in [-0.2, 0) is 6.54 Å². The molecule has 0 atom stereocenters. The number of hydrogen-bond acceptors (Lipinski definition) is 4. The second-order valence-corrected chi connectivity index (χ2v) is 3.44. The molecule has 0 aromatic heterocycles. The van der Waals surface area contributed by atoms with Crippen molar-refractivity contribution < 1.29 is 14.2 Å². The molecule has 0 aliphatic heterocycles. The average molecular weight is 237 g/mol. The highest BCUT2D eigenvalue weighted by Crippen LogP contribution is 2.34. The number of ether oxygens (including phenoxy) is 3. The van der Waals surface area contributed by atoms with E-state index in [-0.39, 0.29) is 0 Å².